The standard InChI is InChI=1S/C19H23NS2/c1-14-5-9-16(10-6-14)21-19(18-4-3-13-20-18)22-17-11-7-15(2)8-12-17/h5-12,18-20H,3-4,13H2,1-2H3/t18-/m0/s1. The molecule has 3 rings (SSSR count). The number of aryl methyl sites for hydroxylation is 2. The van der Waals surface area contributed by atoms with E-state index in [0.717, 1.165) is 6.54 Å². The first kappa shape index (κ1) is 16.0. The summed E-state index contributed by atoms with van der Waals surface area (Å²) in [5, 5.41) is 3.68. The van der Waals surface area contributed by atoms with Gasteiger partial charge in [-0.2, -0.15) is 0 Å². The fourth-order valence-electron chi connectivity index (χ4n) is 2.63. The summed E-state index contributed by atoms with van der Waals surface area (Å²) in [7, 11) is 0. The summed E-state index contributed by atoms with van der Waals surface area (Å²) < 4.78 is 0.521. The highest BCUT2D eigenvalue weighted by atomic mass is 32.2. The van der Waals surface area contributed by atoms with Gasteiger partial charge in [0.1, 0.15) is 0 Å². The molecule has 1 atom stereocenters. The van der Waals surface area contributed by atoms with Crippen LogP contribution in [0.3, 0.4) is 0 Å². The van der Waals surface area contributed by atoms with E-state index in [4.69, 9.17) is 0 Å². The van der Waals surface area contributed by atoms with Crippen LogP contribution in [0.4, 0.5) is 0 Å². The minimum atomic E-state index is 0.521. The minimum Gasteiger partial charge on any atom is -0.312 e. The summed E-state index contributed by atoms with van der Waals surface area (Å²) in [5.41, 5.74) is 2.65. The fraction of sp³-hybridized carbons (Fsp3) is 0.368. The van der Waals surface area contributed by atoms with E-state index < -0.39 is 0 Å². The zero-order valence-electron chi connectivity index (χ0n) is 13.2. The first-order chi connectivity index (χ1) is 10.7. The Hall–Kier alpha value is -0.900. The molecule has 0 aromatic heterocycles. The lowest BCUT2D eigenvalue weighted by atomic mass is 10.2. The van der Waals surface area contributed by atoms with Gasteiger partial charge in [0, 0.05) is 15.8 Å². The molecule has 3 heteroatoms. The van der Waals surface area contributed by atoms with E-state index in [2.05, 4.69) is 67.7 Å². The van der Waals surface area contributed by atoms with Crippen molar-refractivity contribution in [2.45, 2.75) is 47.1 Å². The van der Waals surface area contributed by atoms with Crippen LogP contribution in [0, 0.1) is 13.8 Å². The quantitative estimate of drug-likeness (QED) is 0.593. The SMILES string of the molecule is Cc1ccc(SC(Sc2ccc(C)cc2)[C@@H]2CCCN2)cc1. The number of benzene rings is 2. The number of hydrogen-bond acceptors (Lipinski definition) is 3. The summed E-state index contributed by atoms with van der Waals surface area (Å²) >= 11 is 3.99. The van der Waals surface area contributed by atoms with Gasteiger partial charge in [-0.15, -0.1) is 23.5 Å². The summed E-state index contributed by atoms with van der Waals surface area (Å²) in [6.07, 6.45) is 2.58. The smallest absolute Gasteiger partial charge is 0.0749 e. The van der Waals surface area contributed by atoms with Crippen LogP contribution >= 0.6 is 23.5 Å². The first-order valence-corrected chi connectivity index (χ1v) is 9.67. The molecule has 1 aliphatic heterocycles. The van der Waals surface area contributed by atoms with Gasteiger partial charge in [-0.25, -0.2) is 0 Å². The maximum Gasteiger partial charge on any atom is 0.0749 e. The van der Waals surface area contributed by atoms with Gasteiger partial charge in [-0.05, 0) is 57.5 Å². The molecule has 0 bridgehead atoms. The number of nitrogens with one attached hydrogen (secondary N) is 1. The van der Waals surface area contributed by atoms with Gasteiger partial charge in [0.25, 0.3) is 0 Å². The third-order valence-electron chi connectivity index (χ3n) is 3.97. The molecule has 1 nitrogen and oxygen atoms in total. The average Bonchev–Trinajstić information content (AvgIpc) is 3.05. The molecule has 2 aromatic rings. The highest BCUT2D eigenvalue weighted by Gasteiger charge is 2.26. The second-order valence-electron chi connectivity index (χ2n) is 5.93. The molecule has 22 heavy (non-hydrogen) atoms. The third kappa shape index (κ3) is 4.31. The lowest BCUT2D eigenvalue weighted by molar-refractivity contribution is 0.654. The number of rotatable bonds is 5. The average molecular weight is 330 g/mol. The van der Waals surface area contributed by atoms with Crippen LogP contribution in [0.2, 0.25) is 0 Å². The molecule has 0 unspecified atom stereocenters. The van der Waals surface area contributed by atoms with Gasteiger partial charge >= 0.3 is 0 Å². The van der Waals surface area contributed by atoms with Crippen LogP contribution in [0.1, 0.15) is 24.0 Å². The Bertz CT molecular complexity index is 538. The lowest BCUT2D eigenvalue weighted by Crippen LogP contribution is -2.30. The van der Waals surface area contributed by atoms with Crippen LogP contribution < -0.4 is 5.32 Å². The molecule has 0 radical (unpaired) electrons. The van der Waals surface area contributed by atoms with E-state index in [0.29, 0.717) is 10.6 Å². The Balaban J connectivity index is 1.74. The largest absolute Gasteiger partial charge is 0.312 e. The molecule has 1 fully saturated rings. The van der Waals surface area contributed by atoms with Gasteiger partial charge in [0.15, 0.2) is 0 Å². The molecule has 1 saturated heterocycles. The van der Waals surface area contributed by atoms with Crippen LogP contribution in [-0.2, 0) is 0 Å². The van der Waals surface area contributed by atoms with Crippen LogP contribution in [0.5, 0.6) is 0 Å². The topological polar surface area (TPSA) is 12.0 Å². The zero-order chi connectivity index (χ0) is 15.4. The Morgan fingerprint density at radius 2 is 1.36 bits per heavy atom. The van der Waals surface area contributed by atoms with Crippen molar-refractivity contribution in [3.8, 4) is 0 Å². The van der Waals surface area contributed by atoms with Crippen molar-refractivity contribution >= 4 is 23.5 Å². The van der Waals surface area contributed by atoms with Crippen molar-refractivity contribution < 1.29 is 0 Å². The van der Waals surface area contributed by atoms with Gasteiger partial charge in [0.2, 0.25) is 0 Å². The van der Waals surface area contributed by atoms with Crippen molar-refractivity contribution in [3.63, 3.8) is 0 Å². The number of thioether (sulfide) groups is 2. The summed E-state index contributed by atoms with van der Waals surface area (Å²) in [4.78, 5) is 2.73. The van der Waals surface area contributed by atoms with Gasteiger partial charge < -0.3 is 5.32 Å². The predicted octanol–water partition coefficient (Wildman–Crippen LogP) is 5.27. The Labute approximate surface area is 142 Å². The highest BCUT2D eigenvalue weighted by Crippen LogP contribution is 2.39. The second kappa shape index (κ2) is 7.58. The Morgan fingerprint density at radius 1 is 0.864 bits per heavy atom. The van der Waals surface area contributed by atoms with E-state index in [1.165, 1.54) is 33.8 Å². The highest BCUT2D eigenvalue weighted by molar-refractivity contribution is 8.17. The molecule has 1 heterocycles. The molecule has 1 N–H and O–H groups in total. The van der Waals surface area contributed by atoms with E-state index in [-0.39, 0.29) is 0 Å². The van der Waals surface area contributed by atoms with Gasteiger partial charge in [0.05, 0.1) is 4.58 Å². The first-order valence-electron chi connectivity index (χ1n) is 7.91. The van der Waals surface area contributed by atoms with E-state index >= 15 is 0 Å². The summed E-state index contributed by atoms with van der Waals surface area (Å²) in [5.74, 6) is 0. The molecular weight excluding hydrogens is 306 g/mol. The van der Waals surface area contributed by atoms with E-state index in [1.54, 1.807) is 0 Å². The molecule has 0 spiro atoms. The third-order valence-corrected chi connectivity index (χ3v) is 6.76. The lowest BCUT2D eigenvalue weighted by Gasteiger charge is -2.23. The maximum atomic E-state index is 3.68. The van der Waals surface area contributed by atoms with Crippen molar-refractivity contribution in [2.24, 2.45) is 0 Å². The molecule has 0 amide bonds. The fourth-order valence-corrected chi connectivity index (χ4v) is 5.41. The van der Waals surface area contributed by atoms with E-state index in [1.807, 2.05) is 23.5 Å². The Kier molecular flexibility index (Phi) is 5.51. The molecule has 116 valence electrons. The van der Waals surface area contributed by atoms with Gasteiger partial charge in [-0.3, -0.25) is 0 Å². The van der Waals surface area contributed by atoms with Crippen molar-refractivity contribution in [1.82, 2.24) is 5.32 Å². The summed E-state index contributed by atoms with van der Waals surface area (Å²) in [6.45, 7) is 5.45. The van der Waals surface area contributed by atoms with Crippen molar-refractivity contribution in [1.29, 1.82) is 0 Å². The minimum absolute atomic E-state index is 0.521. The van der Waals surface area contributed by atoms with Crippen LogP contribution in [0.25, 0.3) is 0 Å². The summed E-state index contributed by atoms with van der Waals surface area (Å²) in [6, 6.07) is 18.4. The molecule has 0 saturated carbocycles. The monoisotopic (exact) mass is 329 g/mol. The van der Waals surface area contributed by atoms with Gasteiger partial charge in [-0.1, -0.05) is 35.4 Å². The Morgan fingerprint density at radius 3 is 1.77 bits per heavy atom. The maximum absolute atomic E-state index is 3.68. The molecule has 2 aromatic carbocycles. The van der Waals surface area contributed by atoms with Crippen molar-refractivity contribution in [3.05, 3.63) is 59.7 Å². The van der Waals surface area contributed by atoms with Crippen LogP contribution in [0.15, 0.2) is 58.3 Å². The van der Waals surface area contributed by atoms with Crippen molar-refractivity contribution in [2.75, 3.05) is 6.54 Å². The zero-order valence-corrected chi connectivity index (χ0v) is 14.8. The normalized spacial score (nSPS) is 18.0. The molecular formula is C19H23NS2. The van der Waals surface area contributed by atoms with Crippen LogP contribution in [-0.4, -0.2) is 17.2 Å². The molecule has 1 aliphatic rings. The predicted molar refractivity (Wildman–Crippen MR) is 98.9 cm³/mol. The molecule has 0 aliphatic carbocycles. The van der Waals surface area contributed by atoms with E-state index in [9.17, 15) is 0 Å². The second-order valence-corrected chi connectivity index (χ2v) is 8.66. The number of hydrogen-bond donors (Lipinski definition) is 1.